The molecular formula is C16H19N3O. The first-order valence-electron chi connectivity index (χ1n) is 6.90. The predicted molar refractivity (Wildman–Crippen MR) is 79.1 cm³/mol. The Morgan fingerprint density at radius 1 is 1.20 bits per heavy atom. The van der Waals surface area contributed by atoms with Crippen LogP contribution in [0.25, 0.3) is 0 Å². The van der Waals surface area contributed by atoms with Crippen LogP contribution in [0.3, 0.4) is 0 Å². The van der Waals surface area contributed by atoms with Gasteiger partial charge in [-0.2, -0.15) is 0 Å². The largest absolute Gasteiger partial charge is 0.384 e. The Labute approximate surface area is 119 Å². The second kappa shape index (κ2) is 6.03. The lowest BCUT2D eigenvalue weighted by atomic mass is 10.1. The van der Waals surface area contributed by atoms with Gasteiger partial charge in [0.25, 0.3) is 0 Å². The van der Waals surface area contributed by atoms with E-state index in [1.54, 1.807) is 0 Å². The van der Waals surface area contributed by atoms with Crippen LogP contribution in [0.4, 0.5) is 5.82 Å². The Morgan fingerprint density at radius 3 is 2.80 bits per heavy atom. The number of benzene rings is 1. The average Bonchev–Trinajstić information content (AvgIpc) is 2.51. The van der Waals surface area contributed by atoms with Crippen LogP contribution in [-0.4, -0.2) is 29.6 Å². The molecule has 0 spiro atoms. The van der Waals surface area contributed by atoms with E-state index >= 15 is 0 Å². The molecule has 0 aliphatic carbocycles. The second-order valence-electron chi connectivity index (χ2n) is 5.10. The molecule has 0 radical (unpaired) electrons. The summed E-state index contributed by atoms with van der Waals surface area (Å²) in [5, 5.41) is 0. The number of anilines is 1. The van der Waals surface area contributed by atoms with Gasteiger partial charge in [-0.05, 0) is 17.2 Å². The number of nitrogen functional groups attached to an aromatic ring is 1. The van der Waals surface area contributed by atoms with Crippen LogP contribution in [0.1, 0.15) is 17.2 Å². The summed E-state index contributed by atoms with van der Waals surface area (Å²) in [5.74, 6) is 0.567. The molecule has 3 rings (SSSR count). The van der Waals surface area contributed by atoms with Crippen molar-refractivity contribution in [3.63, 3.8) is 0 Å². The first-order valence-corrected chi connectivity index (χ1v) is 6.90. The Hall–Kier alpha value is -1.91. The van der Waals surface area contributed by atoms with Crippen LogP contribution in [0.5, 0.6) is 0 Å². The minimum atomic E-state index is 0.159. The molecular weight excluding hydrogens is 250 g/mol. The highest BCUT2D eigenvalue weighted by Gasteiger charge is 2.21. The molecule has 1 saturated heterocycles. The normalized spacial score (nSPS) is 19.9. The van der Waals surface area contributed by atoms with Crippen molar-refractivity contribution in [3.05, 3.63) is 59.8 Å². The van der Waals surface area contributed by atoms with E-state index in [0.29, 0.717) is 5.82 Å². The van der Waals surface area contributed by atoms with Crippen molar-refractivity contribution in [1.29, 1.82) is 0 Å². The maximum Gasteiger partial charge on any atom is 0.123 e. The van der Waals surface area contributed by atoms with Crippen LogP contribution in [0, 0.1) is 0 Å². The van der Waals surface area contributed by atoms with Crippen molar-refractivity contribution >= 4 is 5.82 Å². The topological polar surface area (TPSA) is 51.4 Å². The van der Waals surface area contributed by atoms with Crippen molar-refractivity contribution < 1.29 is 4.74 Å². The van der Waals surface area contributed by atoms with E-state index in [-0.39, 0.29) is 6.10 Å². The SMILES string of the molecule is Nc1ccc(CN2CCO[C@@H](c3ccccc3)C2)cn1. The predicted octanol–water partition coefficient (Wildman–Crippen LogP) is 2.24. The van der Waals surface area contributed by atoms with Gasteiger partial charge in [0.05, 0.1) is 12.7 Å². The van der Waals surface area contributed by atoms with Gasteiger partial charge in [0.1, 0.15) is 5.82 Å². The Morgan fingerprint density at radius 2 is 2.05 bits per heavy atom. The van der Waals surface area contributed by atoms with Gasteiger partial charge in [-0.3, -0.25) is 4.90 Å². The Balaban J connectivity index is 1.65. The number of morpholine rings is 1. The number of pyridine rings is 1. The summed E-state index contributed by atoms with van der Waals surface area (Å²) in [4.78, 5) is 6.54. The van der Waals surface area contributed by atoms with Gasteiger partial charge < -0.3 is 10.5 Å². The van der Waals surface area contributed by atoms with Crippen molar-refractivity contribution in [2.24, 2.45) is 0 Å². The first-order chi connectivity index (χ1) is 9.81. The van der Waals surface area contributed by atoms with Gasteiger partial charge in [-0.25, -0.2) is 4.98 Å². The minimum absolute atomic E-state index is 0.159. The smallest absolute Gasteiger partial charge is 0.123 e. The fourth-order valence-corrected chi connectivity index (χ4v) is 2.50. The first kappa shape index (κ1) is 13.1. The summed E-state index contributed by atoms with van der Waals surface area (Å²) in [6, 6.07) is 14.3. The van der Waals surface area contributed by atoms with Gasteiger partial charge >= 0.3 is 0 Å². The molecule has 0 bridgehead atoms. The van der Waals surface area contributed by atoms with E-state index in [9.17, 15) is 0 Å². The Kier molecular flexibility index (Phi) is 3.95. The molecule has 1 aliphatic heterocycles. The molecule has 0 unspecified atom stereocenters. The van der Waals surface area contributed by atoms with E-state index in [1.807, 2.05) is 24.4 Å². The second-order valence-corrected chi connectivity index (χ2v) is 5.10. The molecule has 2 N–H and O–H groups in total. The zero-order chi connectivity index (χ0) is 13.8. The summed E-state index contributed by atoms with van der Waals surface area (Å²) >= 11 is 0. The van der Waals surface area contributed by atoms with Gasteiger partial charge in [-0.15, -0.1) is 0 Å². The summed E-state index contributed by atoms with van der Waals surface area (Å²) in [6.07, 6.45) is 2.01. The molecule has 2 heterocycles. The third-order valence-corrected chi connectivity index (χ3v) is 3.58. The fourth-order valence-electron chi connectivity index (χ4n) is 2.50. The van der Waals surface area contributed by atoms with Crippen molar-refractivity contribution in [1.82, 2.24) is 9.88 Å². The number of ether oxygens (including phenoxy) is 1. The molecule has 2 aromatic rings. The molecule has 0 saturated carbocycles. The lowest BCUT2D eigenvalue weighted by Crippen LogP contribution is -2.37. The number of hydrogen-bond donors (Lipinski definition) is 1. The average molecular weight is 269 g/mol. The lowest BCUT2D eigenvalue weighted by molar-refractivity contribution is -0.0329. The fraction of sp³-hybridized carbons (Fsp3) is 0.312. The molecule has 4 heteroatoms. The molecule has 4 nitrogen and oxygen atoms in total. The molecule has 20 heavy (non-hydrogen) atoms. The summed E-state index contributed by atoms with van der Waals surface area (Å²) < 4.78 is 5.87. The zero-order valence-electron chi connectivity index (χ0n) is 11.4. The van der Waals surface area contributed by atoms with E-state index in [4.69, 9.17) is 10.5 Å². The van der Waals surface area contributed by atoms with Crippen LogP contribution < -0.4 is 5.73 Å². The van der Waals surface area contributed by atoms with Gasteiger partial charge in [0, 0.05) is 25.8 Å². The van der Waals surface area contributed by atoms with E-state index < -0.39 is 0 Å². The molecule has 1 aromatic heterocycles. The van der Waals surface area contributed by atoms with Crippen LogP contribution >= 0.6 is 0 Å². The molecule has 1 aliphatic rings. The maximum atomic E-state index is 5.87. The highest BCUT2D eigenvalue weighted by atomic mass is 16.5. The summed E-state index contributed by atoms with van der Waals surface area (Å²) in [5.41, 5.74) is 8.04. The van der Waals surface area contributed by atoms with Crippen molar-refractivity contribution in [2.75, 3.05) is 25.4 Å². The van der Waals surface area contributed by atoms with Gasteiger partial charge in [0.15, 0.2) is 0 Å². The highest BCUT2D eigenvalue weighted by molar-refractivity contribution is 5.29. The van der Waals surface area contributed by atoms with E-state index in [0.717, 1.165) is 26.2 Å². The third-order valence-electron chi connectivity index (χ3n) is 3.58. The quantitative estimate of drug-likeness (QED) is 0.928. The third kappa shape index (κ3) is 3.15. The standard InChI is InChI=1S/C16H19N3O/c17-16-7-6-13(10-18-16)11-19-8-9-20-15(12-19)14-4-2-1-3-5-14/h1-7,10,15H,8-9,11-12H2,(H2,17,18)/t15-/m1/s1. The van der Waals surface area contributed by atoms with Crippen LogP contribution in [0.2, 0.25) is 0 Å². The molecule has 0 amide bonds. The number of hydrogen-bond acceptors (Lipinski definition) is 4. The van der Waals surface area contributed by atoms with Gasteiger partial charge in [0.2, 0.25) is 0 Å². The van der Waals surface area contributed by atoms with Crippen molar-refractivity contribution in [3.8, 4) is 0 Å². The van der Waals surface area contributed by atoms with E-state index in [2.05, 4.69) is 34.1 Å². The number of nitrogens with two attached hydrogens (primary N) is 1. The zero-order valence-corrected chi connectivity index (χ0v) is 11.4. The Bertz CT molecular complexity index is 541. The molecule has 104 valence electrons. The van der Waals surface area contributed by atoms with Crippen molar-refractivity contribution in [2.45, 2.75) is 12.6 Å². The van der Waals surface area contributed by atoms with Crippen LogP contribution in [-0.2, 0) is 11.3 Å². The highest BCUT2D eigenvalue weighted by Crippen LogP contribution is 2.22. The maximum absolute atomic E-state index is 5.87. The number of nitrogens with zero attached hydrogens (tertiary/aromatic N) is 2. The monoisotopic (exact) mass is 269 g/mol. The number of aromatic nitrogens is 1. The molecule has 1 atom stereocenters. The van der Waals surface area contributed by atoms with Gasteiger partial charge in [-0.1, -0.05) is 36.4 Å². The minimum Gasteiger partial charge on any atom is -0.384 e. The number of rotatable bonds is 3. The lowest BCUT2D eigenvalue weighted by Gasteiger charge is -2.33. The molecule has 1 fully saturated rings. The van der Waals surface area contributed by atoms with E-state index in [1.165, 1.54) is 11.1 Å². The molecule has 1 aromatic carbocycles. The van der Waals surface area contributed by atoms with Crippen LogP contribution in [0.15, 0.2) is 48.7 Å². The summed E-state index contributed by atoms with van der Waals surface area (Å²) in [6.45, 7) is 3.52. The summed E-state index contributed by atoms with van der Waals surface area (Å²) in [7, 11) is 0.